The van der Waals surface area contributed by atoms with Crippen molar-refractivity contribution in [2.24, 2.45) is 5.92 Å². The van der Waals surface area contributed by atoms with Gasteiger partial charge in [0.1, 0.15) is 0 Å². The van der Waals surface area contributed by atoms with Crippen molar-refractivity contribution in [3.05, 3.63) is 0 Å². The summed E-state index contributed by atoms with van der Waals surface area (Å²) in [5.74, 6) is 0.611. The molecule has 1 saturated heterocycles. The summed E-state index contributed by atoms with van der Waals surface area (Å²) < 4.78 is 16.5. The largest absolute Gasteiger partial charge is 0.398 e. The van der Waals surface area contributed by atoms with Crippen molar-refractivity contribution in [1.82, 2.24) is 0 Å². The quantitative estimate of drug-likeness (QED) is 0.617. The van der Waals surface area contributed by atoms with E-state index in [1.807, 2.05) is 0 Å². The Kier molecular flexibility index (Phi) is 4.38. The van der Waals surface area contributed by atoms with Crippen LogP contribution in [0, 0.1) is 5.92 Å². The van der Waals surface area contributed by atoms with Gasteiger partial charge in [-0.25, -0.2) is 0 Å². The fraction of sp³-hybridized carbons (Fsp3) is 1.00. The van der Waals surface area contributed by atoms with Gasteiger partial charge in [0, 0.05) is 19.6 Å². The predicted octanol–water partition coefficient (Wildman–Crippen LogP) is 1.78. The second-order valence-electron chi connectivity index (χ2n) is 3.54. The molecule has 1 rings (SSSR count). The second kappa shape index (κ2) is 5.10. The Morgan fingerprint density at radius 2 is 1.92 bits per heavy atom. The Labute approximate surface area is 81.6 Å². The monoisotopic (exact) mass is 204 g/mol. The first-order valence-electron chi connectivity index (χ1n) is 5.03. The third-order valence-electron chi connectivity index (χ3n) is 2.74. The average molecular weight is 204 g/mol. The van der Waals surface area contributed by atoms with Gasteiger partial charge in [-0.3, -0.25) is 0 Å². The number of ether oxygens (including phenoxy) is 1. The molecule has 0 bridgehead atoms. The third kappa shape index (κ3) is 2.77. The van der Waals surface area contributed by atoms with Crippen LogP contribution in [0.15, 0.2) is 0 Å². The maximum atomic E-state index is 5.92. The van der Waals surface area contributed by atoms with Gasteiger partial charge in [0.15, 0.2) is 0 Å². The second-order valence-corrected chi connectivity index (χ2v) is 7.47. The van der Waals surface area contributed by atoms with Crippen LogP contribution in [0.25, 0.3) is 0 Å². The fourth-order valence-electron chi connectivity index (χ4n) is 1.45. The molecule has 4 heteroatoms. The van der Waals surface area contributed by atoms with E-state index in [4.69, 9.17) is 13.6 Å². The zero-order valence-corrected chi connectivity index (χ0v) is 9.84. The van der Waals surface area contributed by atoms with Gasteiger partial charge in [0.2, 0.25) is 0 Å². The Balaban J connectivity index is 2.27. The van der Waals surface area contributed by atoms with Gasteiger partial charge in [0.05, 0.1) is 13.2 Å². The van der Waals surface area contributed by atoms with E-state index in [-0.39, 0.29) is 0 Å². The number of hydrogen-bond donors (Lipinski definition) is 0. The molecule has 1 aliphatic rings. The Morgan fingerprint density at radius 3 is 2.23 bits per heavy atom. The summed E-state index contributed by atoms with van der Waals surface area (Å²) in [6.07, 6.45) is 0. The lowest BCUT2D eigenvalue weighted by Crippen LogP contribution is -2.43. The van der Waals surface area contributed by atoms with E-state index in [0.717, 1.165) is 31.9 Å². The predicted molar refractivity (Wildman–Crippen MR) is 54.0 cm³/mol. The molecule has 0 aliphatic carbocycles. The average Bonchev–Trinajstić information content (AvgIpc) is 2.11. The van der Waals surface area contributed by atoms with E-state index in [1.165, 1.54) is 0 Å². The van der Waals surface area contributed by atoms with Crippen LogP contribution in [-0.4, -0.2) is 35.5 Å². The Morgan fingerprint density at radius 1 is 1.31 bits per heavy atom. The summed E-state index contributed by atoms with van der Waals surface area (Å²) in [5.41, 5.74) is 0. The minimum absolute atomic E-state index is 0.611. The van der Waals surface area contributed by atoms with Crippen LogP contribution >= 0.6 is 0 Å². The van der Waals surface area contributed by atoms with E-state index in [9.17, 15) is 0 Å². The summed E-state index contributed by atoms with van der Waals surface area (Å²) in [7, 11) is -0.0438. The molecule has 0 saturated carbocycles. The van der Waals surface area contributed by atoms with E-state index in [1.54, 1.807) is 7.11 Å². The molecule has 1 heterocycles. The van der Waals surface area contributed by atoms with Gasteiger partial charge in [-0.05, 0) is 12.1 Å². The maximum Gasteiger partial charge on any atom is 0.337 e. The van der Waals surface area contributed by atoms with E-state index < -0.39 is 8.56 Å². The van der Waals surface area contributed by atoms with E-state index in [2.05, 4.69) is 13.8 Å². The molecule has 13 heavy (non-hydrogen) atoms. The highest BCUT2D eigenvalue weighted by Crippen LogP contribution is 2.20. The minimum Gasteiger partial charge on any atom is -0.398 e. The summed E-state index contributed by atoms with van der Waals surface area (Å²) >= 11 is 0. The van der Waals surface area contributed by atoms with Crippen molar-refractivity contribution in [1.29, 1.82) is 0 Å². The van der Waals surface area contributed by atoms with Crippen molar-refractivity contribution >= 4 is 8.56 Å². The molecule has 0 unspecified atom stereocenters. The van der Waals surface area contributed by atoms with Gasteiger partial charge in [-0.2, -0.15) is 0 Å². The standard InChI is InChI=1S/C9H20O3Si/c1-4-13(5-2,10-3)12-8-9-6-11-7-9/h9H,4-8H2,1-3H3. The highest BCUT2D eigenvalue weighted by molar-refractivity contribution is 6.67. The van der Waals surface area contributed by atoms with Crippen molar-refractivity contribution < 1.29 is 13.6 Å². The lowest BCUT2D eigenvalue weighted by molar-refractivity contribution is -0.0561. The first-order valence-corrected chi connectivity index (χ1v) is 7.26. The molecule has 0 aromatic carbocycles. The highest BCUT2D eigenvalue weighted by Gasteiger charge is 2.34. The third-order valence-corrected chi connectivity index (χ3v) is 6.33. The van der Waals surface area contributed by atoms with Gasteiger partial charge in [-0.15, -0.1) is 0 Å². The van der Waals surface area contributed by atoms with Crippen molar-refractivity contribution in [3.63, 3.8) is 0 Å². The lowest BCUT2D eigenvalue weighted by atomic mass is 10.1. The Bertz CT molecular complexity index is 136. The molecular formula is C9H20O3Si. The van der Waals surface area contributed by atoms with Crippen LogP contribution in [0.4, 0.5) is 0 Å². The van der Waals surface area contributed by atoms with Crippen LogP contribution in [0.3, 0.4) is 0 Å². The molecule has 0 atom stereocenters. The summed E-state index contributed by atoms with van der Waals surface area (Å²) in [4.78, 5) is 0. The molecule has 0 aromatic heterocycles. The molecule has 0 spiro atoms. The lowest BCUT2D eigenvalue weighted by Gasteiger charge is -2.32. The molecule has 1 aliphatic heterocycles. The maximum absolute atomic E-state index is 5.92. The van der Waals surface area contributed by atoms with Crippen molar-refractivity contribution in [2.75, 3.05) is 26.9 Å². The highest BCUT2D eigenvalue weighted by atomic mass is 28.4. The van der Waals surface area contributed by atoms with E-state index >= 15 is 0 Å². The molecular weight excluding hydrogens is 184 g/mol. The first kappa shape index (κ1) is 11.2. The van der Waals surface area contributed by atoms with Gasteiger partial charge >= 0.3 is 8.56 Å². The molecule has 0 amide bonds. The van der Waals surface area contributed by atoms with Crippen LogP contribution in [0.1, 0.15) is 13.8 Å². The zero-order chi connectivity index (χ0) is 9.73. The minimum atomic E-state index is -1.82. The molecule has 0 N–H and O–H groups in total. The van der Waals surface area contributed by atoms with Crippen LogP contribution in [-0.2, 0) is 13.6 Å². The summed E-state index contributed by atoms with van der Waals surface area (Å²) in [6, 6.07) is 2.07. The molecule has 0 radical (unpaired) electrons. The molecule has 78 valence electrons. The fourth-order valence-corrected chi connectivity index (χ4v) is 3.60. The van der Waals surface area contributed by atoms with Crippen LogP contribution < -0.4 is 0 Å². The van der Waals surface area contributed by atoms with E-state index in [0.29, 0.717) is 5.92 Å². The van der Waals surface area contributed by atoms with Gasteiger partial charge < -0.3 is 13.6 Å². The Hall–Kier alpha value is 0.0969. The van der Waals surface area contributed by atoms with Crippen LogP contribution in [0.2, 0.25) is 12.1 Å². The molecule has 1 fully saturated rings. The smallest absolute Gasteiger partial charge is 0.337 e. The first-order chi connectivity index (χ1) is 6.26. The zero-order valence-electron chi connectivity index (χ0n) is 8.84. The summed E-state index contributed by atoms with van der Waals surface area (Å²) in [6.45, 7) is 6.85. The number of hydrogen-bond acceptors (Lipinski definition) is 3. The van der Waals surface area contributed by atoms with Crippen molar-refractivity contribution in [3.8, 4) is 0 Å². The number of rotatable bonds is 6. The SMILES string of the molecule is CC[Si](CC)(OC)OCC1COC1. The summed E-state index contributed by atoms with van der Waals surface area (Å²) in [5, 5.41) is 0. The topological polar surface area (TPSA) is 27.7 Å². The van der Waals surface area contributed by atoms with Gasteiger partial charge in [-0.1, -0.05) is 13.8 Å². The molecule has 3 nitrogen and oxygen atoms in total. The van der Waals surface area contributed by atoms with Gasteiger partial charge in [0.25, 0.3) is 0 Å². The normalized spacial score (nSPS) is 18.7. The van der Waals surface area contributed by atoms with Crippen LogP contribution in [0.5, 0.6) is 0 Å². The van der Waals surface area contributed by atoms with Crippen molar-refractivity contribution in [2.45, 2.75) is 25.9 Å². The molecule has 0 aromatic rings.